The lowest BCUT2D eigenvalue weighted by Crippen LogP contribution is -2.36. The third-order valence-electron chi connectivity index (χ3n) is 4.97. The summed E-state index contributed by atoms with van der Waals surface area (Å²) in [4.78, 5) is 29.1. The molecule has 0 N–H and O–H groups in total. The van der Waals surface area contributed by atoms with E-state index in [0.717, 1.165) is 28.9 Å². The van der Waals surface area contributed by atoms with E-state index < -0.39 is 0 Å². The number of hydrogen-bond donors (Lipinski definition) is 0. The molecule has 1 saturated heterocycles. The number of benzene rings is 2. The minimum absolute atomic E-state index is 0.0374. The lowest BCUT2D eigenvalue weighted by atomic mass is 10.2. The predicted molar refractivity (Wildman–Crippen MR) is 117 cm³/mol. The lowest BCUT2D eigenvalue weighted by molar-refractivity contribution is 0.0767. The fraction of sp³-hybridized carbons (Fsp3) is 0.227. The zero-order valence-electron chi connectivity index (χ0n) is 15.9. The van der Waals surface area contributed by atoms with Gasteiger partial charge in [0.15, 0.2) is 0 Å². The molecule has 1 aromatic heterocycles. The van der Waals surface area contributed by atoms with Crippen LogP contribution in [0.1, 0.15) is 16.8 Å². The predicted octanol–water partition coefficient (Wildman–Crippen LogP) is 3.35. The molecule has 0 saturated carbocycles. The molecule has 3 aromatic rings. The smallest absolute Gasteiger partial charge is 0.271 e. The Bertz CT molecular complexity index is 1070. The maximum absolute atomic E-state index is 12.9. The summed E-state index contributed by atoms with van der Waals surface area (Å²) in [5.41, 5.74) is 1.26. The van der Waals surface area contributed by atoms with Gasteiger partial charge >= 0.3 is 0 Å². The van der Waals surface area contributed by atoms with Gasteiger partial charge in [-0.3, -0.25) is 9.59 Å². The van der Waals surface area contributed by atoms with Crippen molar-refractivity contribution in [2.75, 3.05) is 31.1 Å². The molecule has 29 heavy (non-hydrogen) atoms. The highest BCUT2D eigenvalue weighted by Gasteiger charge is 2.21. The highest BCUT2D eigenvalue weighted by atomic mass is 79.9. The van der Waals surface area contributed by atoms with Gasteiger partial charge in [0.1, 0.15) is 5.82 Å². The molecular weight excluding hydrogens is 432 g/mol. The van der Waals surface area contributed by atoms with Crippen molar-refractivity contribution in [3.8, 4) is 5.69 Å². The molecule has 2 heterocycles. The van der Waals surface area contributed by atoms with Crippen molar-refractivity contribution < 1.29 is 4.79 Å². The molecule has 0 unspecified atom stereocenters. The van der Waals surface area contributed by atoms with Crippen LogP contribution in [-0.4, -0.2) is 46.8 Å². The van der Waals surface area contributed by atoms with Crippen LogP contribution in [0.2, 0.25) is 0 Å². The molecule has 1 aliphatic heterocycles. The molecular formula is C22H21BrN4O2. The number of para-hydroxylation sites is 1. The van der Waals surface area contributed by atoms with Crippen molar-refractivity contribution in [2.24, 2.45) is 0 Å². The van der Waals surface area contributed by atoms with E-state index >= 15 is 0 Å². The van der Waals surface area contributed by atoms with E-state index in [4.69, 9.17) is 0 Å². The number of rotatable bonds is 3. The number of carbonyl (C=O) groups excluding carboxylic acids is 1. The van der Waals surface area contributed by atoms with Gasteiger partial charge in [-0.15, -0.1) is 5.10 Å². The second kappa shape index (κ2) is 8.61. The minimum atomic E-state index is -0.166. The number of halogens is 1. The Labute approximate surface area is 177 Å². The molecule has 1 aliphatic rings. The number of amides is 1. The lowest BCUT2D eigenvalue weighted by Gasteiger charge is -2.23. The first-order valence-corrected chi connectivity index (χ1v) is 10.4. The van der Waals surface area contributed by atoms with Crippen LogP contribution in [0.3, 0.4) is 0 Å². The monoisotopic (exact) mass is 452 g/mol. The van der Waals surface area contributed by atoms with Crippen LogP contribution in [0.15, 0.2) is 76.0 Å². The summed E-state index contributed by atoms with van der Waals surface area (Å²) in [6, 6.07) is 20.2. The van der Waals surface area contributed by atoms with Crippen LogP contribution in [-0.2, 0) is 0 Å². The number of hydrogen-bond acceptors (Lipinski definition) is 4. The average Bonchev–Trinajstić information content (AvgIpc) is 3.00. The standard InChI is InChI=1S/C22H21BrN4O2/c23-18-7-4-6-17(16-18)22(29)26-13-5-12-25(14-15-26)20-10-11-21(28)27(24-20)19-8-2-1-3-9-19/h1-4,6-11,16H,5,12-15H2. The quantitative estimate of drug-likeness (QED) is 0.611. The summed E-state index contributed by atoms with van der Waals surface area (Å²) >= 11 is 3.43. The second-order valence-electron chi connectivity index (χ2n) is 6.92. The molecule has 0 radical (unpaired) electrons. The van der Waals surface area contributed by atoms with Crippen molar-refractivity contribution in [1.82, 2.24) is 14.7 Å². The van der Waals surface area contributed by atoms with Crippen molar-refractivity contribution in [3.63, 3.8) is 0 Å². The normalized spacial score (nSPS) is 14.5. The van der Waals surface area contributed by atoms with E-state index in [0.29, 0.717) is 25.2 Å². The number of aromatic nitrogens is 2. The van der Waals surface area contributed by atoms with Gasteiger partial charge in [-0.1, -0.05) is 40.2 Å². The van der Waals surface area contributed by atoms with E-state index in [1.165, 1.54) is 4.68 Å². The van der Waals surface area contributed by atoms with Crippen molar-refractivity contribution in [1.29, 1.82) is 0 Å². The topological polar surface area (TPSA) is 58.4 Å². The van der Waals surface area contributed by atoms with E-state index in [1.807, 2.05) is 59.5 Å². The van der Waals surface area contributed by atoms with Crippen molar-refractivity contribution in [3.05, 3.63) is 87.1 Å². The van der Waals surface area contributed by atoms with Gasteiger partial charge in [-0.2, -0.15) is 4.68 Å². The maximum Gasteiger partial charge on any atom is 0.271 e. The van der Waals surface area contributed by atoms with Gasteiger partial charge in [0.2, 0.25) is 0 Å². The zero-order valence-corrected chi connectivity index (χ0v) is 17.5. The summed E-state index contributed by atoms with van der Waals surface area (Å²) in [6.45, 7) is 2.75. The van der Waals surface area contributed by atoms with Gasteiger partial charge < -0.3 is 9.80 Å². The Morgan fingerprint density at radius 2 is 1.72 bits per heavy atom. The fourth-order valence-corrected chi connectivity index (χ4v) is 3.88. The molecule has 1 amide bonds. The van der Waals surface area contributed by atoms with Crippen molar-refractivity contribution in [2.45, 2.75) is 6.42 Å². The average molecular weight is 453 g/mol. The summed E-state index contributed by atoms with van der Waals surface area (Å²) in [7, 11) is 0. The summed E-state index contributed by atoms with van der Waals surface area (Å²) in [6.07, 6.45) is 0.839. The molecule has 0 atom stereocenters. The summed E-state index contributed by atoms with van der Waals surface area (Å²) < 4.78 is 2.32. The van der Waals surface area contributed by atoms with E-state index in [-0.39, 0.29) is 11.5 Å². The molecule has 7 heteroatoms. The van der Waals surface area contributed by atoms with Crippen LogP contribution in [0.4, 0.5) is 5.82 Å². The SMILES string of the molecule is O=C(c1cccc(Br)c1)N1CCCN(c2ccc(=O)n(-c3ccccc3)n2)CC1. The largest absolute Gasteiger partial charge is 0.353 e. The van der Waals surface area contributed by atoms with Gasteiger partial charge in [0.05, 0.1) is 5.69 Å². The van der Waals surface area contributed by atoms with Gasteiger partial charge in [-0.25, -0.2) is 0 Å². The first kappa shape index (κ1) is 19.4. The molecule has 6 nitrogen and oxygen atoms in total. The Morgan fingerprint density at radius 3 is 2.52 bits per heavy atom. The second-order valence-corrected chi connectivity index (χ2v) is 7.84. The van der Waals surface area contributed by atoms with Crippen LogP contribution in [0, 0.1) is 0 Å². The Hall–Kier alpha value is -2.93. The molecule has 4 rings (SSSR count). The third-order valence-corrected chi connectivity index (χ3v) is 5.46. The Kier molecular flexibility index (Phi) is 5.76. The highest BCUT2D eigenvalue weighted by Crippen LogP contribution is 2.17. The Balaban J connectivity index is 1.52. The molecule has 0 aliphatic carbocycles. The third kappa shape index (κ3) is 4.40. The van der Waals surface area contributed by atoms with E-state index in [1.54, 1.807) is 12.1 Å². The molecule has 2 aromatic carbocycles. The van der Waals surface area contributed by atoms with Crippen LogP contribution in [0.25, 0.3) is 5.69 Å². The Morgan fingerprint density at radius 1 is 0.897 bits per heavy atom. The number of anilines is 1. The molecule has 0 spiro atoms. The van der Waals surface area contributed by atoms with Crippen molar-refractivity contribution >= 4 is 27.7 Å². The van der Waals surface area contributed by atoms with Crippen LogP contribution < -0.4 is 10.5 Å². The highest BCUT2D eigenvalue weighted by molar-refractivity contribution is 9.10. The van der Waals surface area contributed by atoms with Gasteiger partial charge in [0.25, 0.3) is 11.5 Å². The molecule has 0 bridgehead atoms. The molecule has 1 fully saturated rings. The number of nitrogens with zero attached hydrogens (tertiary/aromatic N) is 4. The summed E-state index contributed by atoms with van der Waals surface area (Å²) in [5.74, 6) is 0.778. The van der Waals surface area contributed by atoms with Gasteiger partial charge in [-0.05, 0) is 42.8 Å². The fourth-order valence-electron chi connectivity index (χ4n) is 3.48. The van der Waals surface area contributed by atoms with E-state index in [9.17, 15) is 9.59 Å². The first-order chi connectivity index (χ1) is 14.1. The summed E-state index contributed by atoms with van der Waals surface area (Å²) in [5, 5.41) is 4.57. The minimum Gasteiger partial charge on any atom is -0.353 e. The van der Waals surface area contributed by atoms with Crippen LogP contribution in [0.5, 0.6) is 0 Å². The number of carbonyl (C=O) groups is 1. The molecule has 148 valence electrons. The van der Waals surface area contributed by atoms with Gasteiger partial charge in [0, 0.05) is 42.3 Å². The van der Waals surface area contributed by atoms with Crippen LogP contribution >= 0.6 is 15.9 Å². The first-order valence-electron chi connectivity index (χ1n) is 9.57. The maximum atomic E-state index is 12.9. The van der Waals surface area contributed by atoms with E-state index in [2.05, 4.69) is 25.9 Å². The zero-order chi connectivity index (χ0) is 20.2.